The van der Waals surface area contributed by atoms with E-state index in [0.29, 0.717) is 5.69 Å². The molecule has 3 aromatic rings. The van der Waals surface area contributed by atoms with Gasteiger partial charge < -0.3 is 9.47 Å². The predicted octanol–water partition coefficient (Wildman–Crippen LogP) is 3.21. The van der Waals surface area contributed by atoms with Gasteiger partial charge in [-0.3, -0.25) is 14.8 Å². The number of rotatable bonds is 7. The van der Waals surface area contributed by atoms with E-state index in [1.807, 2.05) is 13.2 Å². The molecule has 3 rings (SSSR count). The lowest BCUT2D eigenvalue weighted by atomic mass is 10.2. The molecule has 9 nitrogen and oxygen atoms in total. The first-order valence-corrected chi connectivity index (χ1v) is 8.87. The van der Waals surface area contributed by atoms with Crippen LogP contribution in [0.15, 0.2) is 36.0 Å². The average molecular weight is 388 g/mol. The molecule has 0 saturated heterocycles. The second-order valence-corrected chi connectivity index (χ2v) is 6.35. The van der Waals surface area contributed by atoms with Gasteiger partial charge in [0.25, 0.3) is 0 Å². The second kappa shape index (κ2) is 7.96. The van der Waals surface area contributed by atoms with Crippen LogP contribution in [-0.4, -0.2) is 32.3 Å². The summed E-state index contributed by atoms with van der Waals surface area (Å²) < 4.78 is 12.1. The van der Waals surface area contributed by atoms with Gasteiger partial charge in [-0.25, -0.2) is 9.78 Å². The third-order valence-electron chi connectivity index (χ3n) is 3.55. The van der Waals surface area contributed by atoms with E-state index >= 15 is 0 Å². The van der Waals surface area contributed by atoms with Gasteiger partial charge in [0.05, 0.1) is 29.0 Å². The molecule has 0 bridgehead atoms. The number of nitro groups is 1. The van der Waals surface area contributed by atoms with E-state index in [1.54, 1.807) is 23.2 Å². The minimum Gasteiger partial charge on any atom is -0.487 e. The summed E-state index contributed by atoms with van der Waals surface area (Å²) in [4.78, 5) is 27.2. The van der Waals surface area contributed by atoms with Crippen LogP contribution in [0.5, 0.6) is 5.75 Å². The molecule has 1 aromatic carbocycles. The maximum absolute atomic E-state index is 12.2. The van der Waals surface area contributed by atoms with Crippen molar-refractivity contribution in [3.8, 4) is 16.3 Å². The van der Waals surface area contributed by atoms with Crippen molar-refractivity contribution in [2.45, 2.75) is 13.5 Å². The van der Waals surface area contributed by atoms with E-state index in [1.165, 1.54) is 23.5 Å². The summed E-state index contributed by atoms with van der Waals surface area (Å²) in [6, 6.07) is 3.97. The van der Waals surface area contributed by atoms with Gasteiger partial charge in [-0.05, 0) is 19.1 Å². The first kappa shape index (κ1) is 18.5. The minimum absolute atomic E-state index is 0.0311. The molecule has 0 radical (unpaired) electrons. The van der Waals surface area contributed by atoms with Gasteiger partial charge in [-0.2, -0.15) is 5.10 Å². The quantitative estimate of drug-likeness (QED) is 0.347. The standard InChI is InChI=1S/C17H16N4O5S/c1-3-25-15-5-4-11(6-14(15)21(23)24)17(22)26-9-13-10-27-16(19-13)12-7-18-20(2)8-12/h4-8,10H,3,9H2,1-2H3. The summed E-state index contributed by atoms with van der Waals surface area (Å²) in [6.07, 6.45) is 3.54. The van der Waals surface area contributed by atoms with Gasteiger partial charge in [-0.15, -0.1) is 11.3 Å². The van der Waals surface area contributed by atoms with Crippen molar-refractivity contribution in [3.63, 3.8) is 0 Å². The Hall–Kier alpha value is -3.27. The highest BCUT2D eigenvalue weighted by Crippen LogP contribution is 2.28. The van der Waals surface area contributed by atoms with Crippen LogP contribution in [0.1, 0.15) is 23.0 Å². The minimum atomic E-state index is -0.669. The highest BCUT2D eigenvalue weighted by molar-refractivity contribution is 7.13. The number of benzene rings is 1. The van der Waals surface area contributed by atoms with Crippen molar-refractivity contribution in [3.05, 3.63) is 57.3 Å². The summed E-state index contributed by atoms with van der Waals surface area (Å²) in [5.41, 5.74) is 1.27. The number of esters is 1. The SMILES string of the molecule is CCOc1ccc(C(=O)OCc2csc(-c3cnn(C)c3)n2)cc1[N+](=O)[O-]. The maximum atomic E-state index is 12.2. The smallest absolute Gasteiger partial charge is 0.338 e. The summed E-state index contributed by atoms with van der Waals surface area (Å²) in [5, 5.41) is 17.8. The fourth-order valence-corrected chi connectivity index (χ4v) is 3.10. The predicted molar refractivity (Wildman–Crippen MR) is 97.7 cm³/mol. The second-order valence-electron chi connectivity index (χ2n) is 5.50. The number of hydrogen-bond acceptors (Lipinski definition) is 8. The molecule has 0 saturated carbocycles. The lowest BCUT2D eigenvalue weighted by Crippen LogP contribution is -2.07. The van der Waals surface area contributed by atoms with Crippen molar-refractivity contribution in [1.29, 1.82) is 0 Å². The molecule has 0 unspecified atom stereocenters. The zero-order valence-electron chi connectivity index (χ0n) is 14.6. The average Bonchev–Trinajstić information content (AvgIpc) is 3.29. The highest BCUT2D eigenvalue weighted by atomic mass is 32.1. The molecule has 27 heavy (non-hydrogen) atoms. The number of nitro benzene ring substituents is 1. The number of aromatic nitrogens is 3. The third-order valence-corrected chi connectivity index (χ3v) is 4.49. The lowest BCUT2D eigenvalue weighted by molar-refractivity contribution is -0.385. The topological polar surface area (TPSA) is 109 Å². The van der Waals surface area contributed by atoms with E-state index in [0.717, 1.165) is 16.6 Å². The fraction of sp³-hybridized carbons (Fsp3) is 0.235. The Morgan fingerprint density at radius 1 is 1.41 bits per heavy atom. The van der Waals surface area contributed by atoms with Crippen LogP contribution in [0.2, 0.25) is 0 Å². The normalized spacial score (nSPS) is 10.6. The lowest BCUT2D eigenvalue weighted by Gasteiger charge is -2.06. The van der Waals surface area contributed by atoms with E-state index in [4.69, 9.17) is 9.47 Å². The van der Waals surface area contributed by atoms with Crippen LogP contribution in [0, 0.1) is 10.1 Å². The van der Waals surface area contributed by atoms with E-state index in [2.05, 4.69) is 10.1 Å². The Morgan fingerprint density at radius 2 is 2.22 bits per heavy atom. The van der Waals surface area contributed by atoms with Crippen LogP contribution in [0.25, 0.3) is 10.6 Å². The molecule has 0 aliphatic carbocycles. The van der Waals surface area contributed by atoms with Crippen LogP contribution >= 0.6 is 11.3 Å². The molecule has 2 heterocycles. The first-order chi connectivity index (χ1) is 13.0. The number of carbonyl (C=O) groups excluding carboxylic acids is 1. The van der Waals surface area contributed by atoms with Crippen LogP contribution in [-0.2, 0) is 18.4 Å². The first-order valence-electron chi connectivity index (χ1n) is 7.99. The Morgan fingerprint density at radius 3 is 2.89 bits per heavy atom. The van der Waals surface area contributed by atoms with E-state index in [9.17, 15) is 14.9 Å². The van der Waals surface area contributed by atoms with E-state index < -0.39 is 10.9 Å². The van der Waals surface area contributed by atoms with Crippen molar-refractivity contribution < 1.29 is 19.2 Å². The van der Waals surface area contributed by atoms with Gasteiger partial charge in [0, 0.05) is 30.3 Å². The van der Waals surface area contributed by atoms with Gasteiger partial charge in [0.2, 0.25) is 0 Å². The van der Waals surface area contributed by atoms with Crippen LogP contribution < -0.4 is 4.74 Å². The molecule has 0 atom stereocenters. The van der Waals surface area contributed by atoms with Gasteiger partial charge >= 0.3 is 11.7 Å². The van der Waals surface area contributed by atoms with Crippen molar-refractivity contribution >= 4 is 23.0 Å². The summed E-state index contributed by atoms with van der Waals surface area (Å²) >= 11 is 1.42. The van der Waals surface area contributed by atoms with Crippen LogP contribution in [0.4, 0.5) is 5.69 Å². The summed E-state index contributed by atoms with van der Waals surface area (Å²) in [5.74, 6) is -0.559. The molecule has 10 heteroatoms. The molecule has 2 aromatic heterocycles. The molecular weight excluding hydrogens is 372 g/mol. The van der Waals surface area contributed by atoms with Crippen LogP contribution in [0.3, 0.4) is 0 Å². The Balaban J connectivity index is 1.68. The molecule has 0 fully saturated rings. The highest BCUT2D eigenvalue weighted by Gasteiger charge is 2.19. The van der Waals surface area contributed by atoms with Gasteiger partial charge in [0.15, 0.2) is 5.75 Å². The van der Waals surface area contributed by atoms with E-state index in [-0.39, 0.29) is 30.2 Å². The van der Waals surface area contributed by atoms with Gasteiger partial charge in [-0.1, -0.05) is 0 Å². The van der Waals surface area contributed by atoms with Crippen molar-refractivity contribution in [2.24, 2.45) is 7.05 Å². The fourth-order valence-electron chi connectivity index (χ4n) is 2.32. The number of hydrogen-bond donors (Lipinski definition) is 0. The molecule has 0 amide bonds. The number of aryl methyl sites for hydroxylation is 1. The Labute approximate surface area is 158 Å². The largest absolute Gasteiger partial charge is 0.487 e. The molecule has 0 N–H and O–H groups in total. The number of thiazole rings is 1. The monoisotopic (exact) mass is 388 g/mol. The zero-order valence-corrected chi connectivity index (χ0v) is 15.4. The summed E-state index contributed by atoms with van der Waals surface area (Å²) in [7, 11) is 1.82. The van der Waals surface area contributed by atoms with Gasteiger partial charge in [0.1, 0.15) is 11.6 Å². The molecular formula is C17H16N4O5S. The molecule has 140 valence electrons. The van der Waals surface area contributed by atoms with Crippen molar-refractivity contribution in [2.75, 3.05) is 6.61 Å². The zero-order chi connectivity index (χ0) is 19.4. The Bertz CT molecular complexity index is 981. The Kier molecular flexibility index (Phi) is 5.46. The molecule has 0 aliphatic heterocycles. The molecule has 0 spiro atoms. The number of carbonyl (C=O) groups is 1. The third kappa shape index (κ3) is 4.29. The molecule has 0 aliphatic rings. The van der Waals surface area contributed by atoms with Crippen molar-refractivity contribution in [1.82, 2.24) is 14.8 Å². The maximum Gasteiger partial charge on any atom is 0.338 e. The number of nitrogens with zero attached hydrogens (tertiary/aromatic N) is 4. The summed E-state index contributed by atoms with van der Waals surface area (Å²) in [6.45, 7) is 1.98. The number of ether oxygens (including phenoxy) is 2.